The molecule has 0 saturated carbocycles. The van der Waals surface area contributed by atoms with Gasteiger partial charge in [-0.15, -0.1) is 0 Å². The molecule has 0 spiro atoms. The van der Waals surface area contributed by atoms with Gasteiger partial charge in [-0.3, -0.25) is 9.59 Å². The normalized spacial score (nSPS) is 10.9. The van der Waals surface area contributed by atoms with E-state index >= 15 is 0 Å². The third-order valence-corrected chi connectivity index (χ3v) is 2.20. The van der Waals surface area contributed by atoms with Gasteiger partial charge in [0.1, 0.15) is 0 Å². The molecule has 0 amide bonds. The van der Waals surface area contributed by atoms with Gasteiger partial charge in [0.05, 0.1) is 0 Å². The average molecular weight is 206 g/mol. The third kappa shape index (κ3) is 2.65. The SMILES string of the molecule is Cc1ccc(C(=O)C(C)(C)OC=O)cc1. The Morgan fingerprint density at radius 3 is 2.27 bits per heavy atom. The topological polar surface area (TPSA) is 43.4 Å². The van der Waals surface area contributed by atoms with Crippen molar-refractivity contribution in [1.29, 1.82) is 0 Å². The van der Waals surface area contributed by atoms with E-state index in [1.165, 1.54) is 0 Å². The zero-order chi connectivity index (χ0) is 11.5. The molecule has 0 N–H and O–H groups in total. The lowest BCUT2D eigenvalue weighted by Gasteiger charge is -2.20. The van der Waals surface area contributed by atoms with Gasteiger partial charge in [0.25, 0.3) is 6.47 Å². The summed E-state index contributed by atoms with van der Waals surface area (Å²) in [6.45, 7) is 5.39. The van der Waals surface area contributed by atoms with E-state index in [1.807, 2.05) is 19.1 Å². The second-order valence-corrected chi connectivity index (χ2v) is 3.92. The largest absolute Gasteiger partial charge is 0.453 e. The summed E-state index contributed by atoms with van der Waals surface area (Å²) < 4.78 is 4.75. The van der Waals surface area contributed by atoms with Crippen molar-refractivity contribution in [3.05, 3.63) is 35.4 Å². The lowest BCUT2D eigenvalue weighted by atomic mass is 9.96. The van der Waals surface area contributed by atoms with Crippen molar-refractivity contribution in [3.8, 4) is 0 Å². The number of carbonyl (C=O) groups excluding carboxylic acids is 2. The highest BCUT2D eigenvalue weighted by Gasteiger charge is 2.29. The number of ether oxygens (including phenoxy) is 1. The van der Waals surface area contributed by atoms with E-state index in [0.29, 0.717) is 12.0 Å². The van der Waals surface area contributed by atoms with Crippen molar-refractivity contribution in [1.82, 2.24) is 0 Å². The van der Waals surface area contributed by atoms with E-state index in [9.17, 15) is 9.59 Å². The summed E-state index contributed by atoms with van der Waals surface area (Å²) in [6.07, 6.45) is 0. The van der Waals surface area contributed by atoms with E-state index < -0.39 is 5.60 Å². The summed E-state index contributed by atoms with van der Waals surface area (Å²) in [4.78, 5) is 22.1. The Morgan fingerprint density at radius 2 is 1.80 bits per heavy atom. The van der Waals surface area contributed by atoms with Crippen molar-refractivity contribution < 1.29 is 14.3 Å². The van der Waals surface area contributed by atoms with Gasteiger partial charge >= 0.3 is 0 Å². The summed E-state index contributed by atoms with van der Waals surface area (Å²) in [5, 5.41) is 0. The predicted molar refractivity (Wildman–Crippen MR) is 56.7 cm³/mol. The molecule has 0 aliphatic rings. The summed E-state index contributed by atoms with van der Waals surface area (Å²) in [5.41, 5.74) is 0.532. The van der Waals surface area contributed by atoms with Gasteiger partial charge in [0.15, 0.2) is 5.60 Å². The van der Waals surface area contributed by atoms with E-state index in [0.717, 1.165) is 5.56 Å². The summed E-state index contributed by atoms with van der Waals surface area (Å²) in [6, 6.07) is 7.16. The van der Waals surface area contributed by atoms with E-state index in [4.69, 9.17) is 4.74 Å². The monoisotopic (exact) mass is 206 g/mol. The Morgan fingerprint density at radius 1 is 1.27 bits per heavy atom. The number of Topliss-reactive ketones (excluding diaryl/α,β-unsaturated/α-hetero) is 1. The highest BCUT2D eigenvalue weighted by molar-refractivity contribution is 6.02. The molecule has 0 bridgehead atoms. The molecule has 0 saturated heterocycles. The number of hydrogen-bond donors (Lipinski definition) is 0. The Hall–Kier alpha value is -1.64. The molecule has 1 aromatic carbocycles. The molecule has 1 rings (SSSR count). The quantitative estimate of drug-likeness (QED) is 0.560. The maximum atomic E-state index is 11.9. The lowest BCUT2D eigenvalue weighted by molar-refractivity contribution is -0.136. The second kappa shape index (κ2) is 4.26. The van der Waals surface area contributed by atoms with Crippen LogP contribution in [0.3, 0.4) is 0 Å². The molecule has 0 radical (unpaired) electrons. The number of ketones is 1. The Bertz CT molecular complexity index is 363. The van der Waals surface area contributed by atoms with E-state index in [2.05, 4.69) is 0 Å². The number of benzene rings is 1. The molecule has 3 nitrogen and oxygen atoms in total. The predicted octanol–water partition coefficient (Wildman–Crippen LogP) is 2.13. The molecule has 0 atom stereocenters. The molecule has 0 fully saturated rings. The van der Waals surface area contributed by atoms with Gasteiger partial charge in [-0.25, -0.2) is 0 Å². The zero-order valence-corrected chi connectivity index (χ0v) is 9.11. The van der Waals surface area contributed by atoms with Crippen LogP contribution in [0.2, 0.25) is 0 Å². The van der Waals surface area contributed by atoms with Crippen molar-refractivity contribution >= 4 is 12.3 Å². The highest BCUT2D eigenvalue weighted by atomic mass is 16.5. The van der Waals surface area contributed by atoms with Crippen molar-refractivity contribution in [2.24, 2.45) is 0 Å². The van der Waals surface area contributed by atoms with Crippen LogP contribution < -0.4 is 0 Å². The molecule has 0 aliphatic heterocycles. The second-order valence-electron chi connectivity index (χ2n) is 3.92. The number of rotatable bonds is 4. The minimum absolute atomic E-state index is 0.199. The zero-order valence-electron chi connectivity index (χ0n) is 9.11. The summed E-state index contributed by atoms with van der Waals surface area (Å²) in [7, 11) is 0. The first-order valence-electron chi connectivity index (χ1n) is 4.70. The standard InChI is InChI=1S/C12H14O3/c1-9-4-6-10(7-5-9)11(14)12(2,3)15-8-13/h4-8H,1-3H3. The summed E-state index contributed by atoms with van der Waals surface area (Å²) in [5.74, 6) is -0.199. The molecule has 3 heteroatoms. The first-order chi connectivity index (χ1) is 6.97. The van der Waals surface area contributed by atoms with Crippen molar-refractivity contribution in [2.75, 3.05) is 0 Å². The van der Waals surface area contributed by atoms with Crippen LogP contribution in [0.1, 0.15) is 29.8 Å². The minimum Gasteiger partial charge on any atom is -0.453 e. The van der Waals surface area contributed by atoms with Gasteiger partial charge in [0.2, 0.25) is 5.78 Å². The molecule has 0 aromatic heterocycles. The van der Waals surface area contributed by atoms with Crippen LogP contribution in [0, 0.1) is 6.92 Å². The van der Waals surface area contributed by atoms with Gasteiger partial charge < -0.3 is 4.74 Å². The van der Waals surface area contributed by atoms with Crippen LogP contribution >= 0.6 is 0 Å². The van der Waals surface area contributed by atoms with Crippen LogP contribution in [-0.2, 0) is 9.53 Å². The van der Waals surface area contributed by atoms with Crippen LogP contribution in [-0.4, -0.2) is 17.9 Å². The fourth-order valence-electron chi connectivity index (χ4n) is 1.23. The smallest absolute Gasteiger partial charge is 0.294 e. The van der Waals surface area contributed by atoms with Gasteiger partial charge in [-0.2, -0.15) is 0 Å². The van der Waals surface area contributed by atoms with Gasteiger partial charge in [-0.05, 0) is 20.8 Å². The molecule has 1 aromatic rings. The van der Waals surface area contributed by atoms with E-state index in [1.54, 1.807) is 26.0 Å². The Labute approximate surface area is 89.1 Å². The number of aryl methyl sites for hydroxylation is 1. The van der Waals surface area contributed by atoms with Crippen LogP contribution in [0.25, 0.3) is 0 Å². The molecule has 80 valence electrons. The van der Waals surface area contributed by atoms with Gasteiger partial charge in [0, 0.05) is 5.56 Å². The molecule has 0 heterocycles. The summed E-state index contributed by atoms with van der Waals surface area (Å²) >= 11 is 0. The fraction of sp³-hybridized carbons (Fsp3) is 0.333. The van der Waals surface area contributed by atoms with Crippen LogP contribution in [0.4, 0.5) is 0 Å². The molecule has 0 unspecified atom stereocenters. The maximum absolute atomic E-state index is 11.9. The average Bonchev–Trinajstić information content (AvgIpc) is 2.18. The first-order valence-corrected chi connectivity index (χ1v) is 4.70. The number of hydrogen-bond acceptors (Lipinski definition) is 3. The molecule has 15 heavy (non-hydrogen) atoms. The molecular weight excluding hydrogens is 192 g/mol. The van der Waals surface area contributed by atoms with Crippen molar-refractivity contribution in [3.63, 3.8) is 0 Å². The highest BCUT2D eigenvalue weighted by Crippen LogP contribution is 2.16. The van der Waals surface area contributed by atoms with Gasteiger partial charge in [-0.1, -0.05) is 29.8 Å². The van der Waals surface area contributed by atoms with Crippen LogP contribution in [0.15, 0.2) is 24.3 Å². The molecular formula is C12H14O3. The Kier molecular flexibility index (Phi) is 3.24. The maximum Gasteiger partial charge on any atom is 0.294 e. The van der Waals surface area contributed by atoms with Crippen LogP contribution in [0.5, 0.6) is 0 Å². The Balaban J connectivity index is 2.94. The minimum atomic E-state index is -1.10. The fourth-order valence-corrected chi connectivity index (χ4v) is 1.23. The molecule has 0 aliphatic carbocycles. The number of carbonyl (C=O) groups is 2. The van der Waals surface area contributed by atoms with Crippen molar-refractivity contribution in [2.45, 2.75) is 26.4 Å². The third-order valence-electron chi connectivity index (χ3n) is 2.20. The van der Waals surface area contributed by atoms with E-state index in [-0.39, 0.29) is 5.78 Å². The lowest BCUT2D eigenvalue weighted by Crippen LogP contribution is -2.34. The first kappa shape index (κ1) is 11.4.